The summed E-state index contributed by atoms with van der Waals surface area (Å²) < 4.78 is 0.836. The quantitative estimate of drug-likeness (QED) is 0.633. The zero-order valence-electron chi connectivity index (χ0n) is 14.0. The van der Waals surface area contributed by atoms with E-state index in [2.05, 4.69) is 31.0 Å². The standard InChI is InChI=1S/C19H17BrN4OS/c20-15-5-2-1-4-14(15)19(25)24-11-9-23(10-12-24)18-8-7-16(21-22-18)17-6-3-13-26-17/h1-8,13H,9-12H2. The van der Waals surface area contributed by atoms with Crippen LogP contribution >= 0.6 is 27.3 Å². The molecule has 0 radical (unpaired) electrons. The van der Waals surface area contributed by atoms with Gasteiger partial charge in [-0.1, -0.05) is 18.2 Å². The minimum Gasteiger partial charge on any atom is -0.352 e. The molecule has 1 fully saturated rings. The van der Waals surface area contributed by atoms with E-state index < -0.39 is 0 Å². The monoisotopic (exact) mass is 428 g/mol. The molecule has 7 heteroatoms. The van der Waals surface area contributed by atoms with E-state index in [1.54, 1.807) is 11.3 Å². The molecule has 1 saturated heterocycles. The molecule has 0 bridgehead atoms. The molecule has 3 aromatic rings. The Morgan fingerprint density at radius 2 is 1.77 bits per heavy atom. The number of rotatable bonds is 3. The van der Waals surface area contributed by atoms with Crippen molar-refractivity contribution in [3.8, 4) is 10.6 Å². The number of aromatic nitrogens is 2. The van der Waals surface area contributed by atoms with Gasteiger partial charge in [0.2, 0.25) is 0 Å². The van der Waals surface area contributed by atoms with Crippen molar-refractivity contribution in [2.75, 3.05) is 31.1 Å². The van der Waals surface area contributed by atoms with Crippen molar-refractivity contribution in [2.45, 2.75) is 0 Å². The maximum Gasteiger partial charge on any atom is 0.255 e. The lowest BCUT2D eigenvalue weighted by Gasteiger charge is -2.35. The number of hydrogen-bond acceptors (Lipinski definition) is 5. The molecule has 132 valence electrons. The number of piperazine rings is 1. The van der Waals surface area contributed by atoms with E-state index >= 15 is 0 Å². The molecule has 1 aliphatic heterocycles. The summed E-state index contributed by atoms with van der Waals surface area (Å²) in [6.07, 6.45) is 0. The van der Waals surface area contributed by atoms with Crippen molar-refractivity contribution < 1.29 is 4.79 Å². The number of anilines is 1. The van der Waals surface area contributed by atoms with Crippen molar-refractivity contribution in [1.82, 2.24) is 15.1 Å². The van der Waals surface area contributed by atoms with E-state index in [0.717, 1.165) is 34.0 Å². The Morgan fingerprint density at radius 1 is 0.962 bits per heavy atom. The van der Waals surface area contributed by atoms with E-state index in [0.29, 0.717) is 18.7 Å². The second-order valence-corrected chi connectivity index (χ2v) is 7.82. The van der Waals surface area contributed by atoms with Crippen LogP contribution in [-0.4, -0.2) is 47.2 Å². The van der Waals surface area contributed by atoms with Crippen LogP contribution in [0.5, 0.6) is 0 Å². The topological polar surface area (TPSA) is 49.3 Å². The lowest BCUT2D eigenvalue weighted by Crippen LogP contribution is -2.49. The normalized spacial score (nSPS) is 14.5. The maximum atomic E-state index is 12.7. The van der Waals surface area contributed by atoms with Crippen LogP contribution in [0.2, 0.25) is 0 Å². The van der Waals surface area contributed by atoms with Gasteiger partial charge in [0.1, 0.15) is 5.69 Å². The summed E-state index contributed by atoms with van der Waals surface area (Å²) in [5.74, 6) is 0.926. The Labute approximate surface area is 164 Å². The Hall–Kier alpha value is -2.25. The fraction of sp³-hybridized carbons (Fsp3) is 0.211. The van der Waals surface area contributed by atoms with Gasteiger partial charge in [-0.3, -0.25) is 4.79 Å². The molecule has 0 N–H and O–H groups in total. The summed E-state index contributed by atoms with van der Waals surface area (Å²) in [4.78, 5) is 17.9. The highest BCUT2D eigenvalue weighted by Gasteiger charge is 2.24. The van der Waals surface area contributed by atoms with Gasteiger partial charge in [0.05, 0.1) is 10.4 Å². The van der Waals surface area contributed by atoms with Crippen LogP contribution in [0.25, 0.3) is 10.6 Å². The largest absolute Gasteiger partial charge is 0.352 e. The average Bonchev–Trinajstić information content (AvgIpc) is 3.23. The predicted molar refractivity (Wildman–Crippen MR) is 108 cm³/mol. The minimum atomic E-state index is 0.0660. The summed E-state index contributed by atoms with van der Waals surface area (Å²) in [6.45, 7) is 2.86. The molecule has 1 aliphatic rings. The van der Waals surface area contributed by atoms with Crippen LogP contribution in [0.4, 0.5) is 5.82 Å². The highest BCUT2D eigenvalue weighted by molar-refractivity contribution is 9.10. The smallest absolute Gasteiger partial charge is 0.255 e. The molecular formula is C19H17BrN4OS. The first-order chi connectivity index (χ1) is 12.7. The van der Waals surface area contributed by atoms with E-state index in [9.17, 15) is 4.79 Å². The molecule has 0 aliphatic carbocycles. The molecule has 0 unspecified atom stereocenters. The molecule has 0 saturated carbocycles. The first kappa shape index (κ1) is 17.2. The van der Waals surface area contributed by atoms with Crippen LogP contribution in [0.15, 0.2) is 58.4 Å². The second-order valence-electron chi connectivity index (χ2n) is 6.01. The highest BCUT2D eigenvalue weighted by Crippen LogP contribution is 2.24. The summed E-state index contributed by atoms with van der Waals surface area (Å²) in [5, 5.41) is 10.7. The number of thiophene rings is 1. The van der Waals surface area contributed by atoms with E-state index in [1.807, 2.05) is 58.8 Å². The molecular weight excluding hydrogens is 412 g/mol. The van der Waals surface area contributed by atoms with Crippen molar-refractivity contribution in [3.05, 3.63) is 63.9 Å². The summed E-state index contributed by atoms with van der Waals surface area (Å²) in [6, 6.07) is 15.6. The van der Waals surface area contributed by atoms with Crippen LogP contribution < -0.4 is 4.90 Å². The number of hydrogen-bond donors (Lipinski definition) is 0. The van der Waals surface area contributed by atoms with Crippen molar-refractivity contribution in [2.24, 2.45) is 0 Å². The van der Waals surface area contributed by atoms with Crippen LogP contribution in [0.1, 0.15) is 10.4 Å². The molecule has 5 nitrogen and oxygen atoms in total. The van der Waals surface area contributed by atoms with E-state index in [-0.39, 0.29) is 5.91 Å². The first-order valence-electron chi connectivity index (χ1n) is 8.39. The zero-order chi connectivity index (χ0) is 17.9. The molecule has 3 heterocycles. The number of nitrogens with zero attached hydrogens (tertiary/aromatic N) is 4. The van der Waals surface area contributed by atoms with Gasteiger partial charge >= 0.3 is 0 Å². The Balaban J connectivity index is 1.40. The summed E-state index contributed by atoms with van der Waals surface area (Å²) in [7, 11) is 0. The number of carbonyl (C=O) groups excluding carboxylic acids is 1. The van der Waals surface area contributed by atoms with Gasteiger partial charge in [-0.2, -0.15) is 0 Å². The summed E-state index contributed by atoms with van der Waals surface area (Å²) >= 11 is 5.12. The molecule has 4 rings (SSSR count). The number of carbonyl (C=O) groups is 1. The van der Waals surface area contributed by atoms with Gasteiger partial charge in [0, 0.05) is 30.7 Å². The average molecular weight is 429 g/mol. The molecule has 0 spiro atoms. The fourth-order valence-corrected chi connectivity index (χ4v) is 4.14. The third-order valence-electron chi connectivity index (χ3n) is 4.42. The lowest BCUT2D eigenvalue weighted by atomic mass is 10.2. The zero-order valence-corrected chi connectivity index (χ0v) is 16.4. The third kappa shape index (κ3) is 3.50. The van der Waals surface area contributed by atoms with Gasteiger partial charge in [-0.15, -0.1) is 21.5 Å². The van der Waals surface area contributed by atoms with Crippen molar-refractivity contribution in [1.29, 1.82) is 0 Å². The predicted octanol–water partition coefficient (Wildman–Crippen LogP) is 3.93. The molecule has 0 atom stereocenters. The Morgan fingerprint density at radius 3 is 2.42 bits per heavy atom. The van der Waals surface area contributed by atoms with Crippen molar-refractivity contribution in [3.63, 3.8) is 0 Å². The number of halogens is 1. The first-order valence-corrected chi connectivity index (χ1v) is 10.1. The van der Waals surface area contributed by atoms with Crippen molar-refractivity contribution >= 4 is 39.0 Å². The Kier molecular flexibility index (Phi) is 4.99. The fourth-order valence-electron chi connectivity index (χ4n) is 2.99. The van der Waals surface area contributed by atoms with E-state index in [4.69, 9.17) is 0 Å². The number of benzene rings is 1. The molecule has 1 aromatic carbocycles. The SMILES string of the molecule is O=C(c1ccccc1Br)N1CCN(c2ccc(-c3cccs3)nn2)CC1. The summed E-state index contributed by atoms with van der Waals surface area (Å²) in [5.41, 5.74) is 1.60. The van der Waals surface area contributed by atoms with Gasteiger partial charge in [0.25, 0.3) is 5.91 Å². The van der Waals surface area contributed by atoms with Crippen LogP contribution in [0.3, 0.4) is 0 Å². The van der Waals surface area contributed by atoms with E-state index in [1.165, 1.54) is 0 Å². The third-order valence-corrected chi connectivity index (χ3v) is 6.00. The second kappa shape index (κ2) is 7.55. The maximum absolute atomic E-state index is 12.7. The van der Waals surface area contributed by atoms with Gasteiger partial charge in [0.15, 0.2) is 5.82 Å². The molecule has 26 heavy (non-hydrogen) atoms. The number of amides is 1. The van der Waals surface area contributed by atoms with Gasteiger partial charge in [-0.05, 0) is 51.6 Å². The van der Waals surface area contributed by atoms with Crippen LogP contribution in [-0.2, 0) is 0 Å². The molecule has 1 amide bonds. The minimum absolute atomic E-state index is 0.0660. The molecule has 2 aromatic heterocycles. The highest BCUT2D eigenvalue weighted by atomic mass is 79.9. The van der Waals surface area contributed by atoms with Gasteiger partial charge in [-0.25, -0.2) is 0 Å². The van der Waals surface area contributed by atoms with Crippen LogP contribution in [0, 0.1) is 0 Å². The Bertz CT molecular complexity index is 890. The lowest BCUT2D eigenvalue weighted by molar-refractivity contribution is 0.0745. The van der Waals surface area contributed by atoms with Gasteiger partial charge < -0.3 is 9.80 Å².